The van der Waals surface area contributed by atoms with Crippen LogP contribution >= 0.6 is 11.3 Å². The fourth-order valence-electron chi connectivity index (χ4n) is 2.57. The van der Waals surface area contributed by atoms with E-state index in [0.29, 0.717) is 12.4 Å². The molecule has 0 spiro atoms. The highest BCUT2D eigenvalue weighted by Crippen LogP contribution is 2.24. The zero-order chi connectivity index (χ0) is 14.1. The number of carbonyl (C=O) groups is 1. The zero-order valence-electron chi connectivity index (χ0n) is 11.1. The molecule has 1 amide bonds. The van der Waals surface area contributed by atoms with Crippen LogP contribution in [0.5, 0.6) is 0 Å². The van der Waals surface area contributed by atoms with Crippen molar-refractivity contribution in [2.45, 2.75) is 19.4 Å². The van der Waals surface area contributed by atoms with Crippen molar-refractivity contribution in [2.24, 2.45) is 11.7 Å². The molecule has 0 saturated carbocycles. The lowest BCUT2D eigenvalue weighted by Crippen LogP contribution is -2.38. The number of thiophene rings is 1. The van der Waals surface area contributed by atoms with Gasteiger partial charge >= 0.3 is 0 Å². The van der Waals surface area contributed by atoms with Crippen LogP contribution in [0.25, 0.3) is 10.2 Å². The molecule has 2 aromatic heterocycles. The van der Waals surface area contributed by atoms with Gasteiger partial charge in [0.25, 0.3) is 0 Å². The first-order valence-electron chi connectivity index (χ1n) is 6.65. The molecule has 3 heterocycles. The van der Waals surface area contributed by atoms with Gasteiger partial charge in [-0.15, -0.1) is 11.3 Å². The lowest BCUT2D eigenvalue weighted by atomic mass is 9.96. The number of nitrogens with zero attached hydrogens (tertiary/aromatic N) is 3. The van der Waals surface area contributed by atoms with E-state index in [0.717, 1.165) is 42.0 Å². The Kier molecular flexibility index (Phi) is 3.54. The fourth-order valence-corrected chi connectivity index (χ4v) is 3.36. The van der Waals surface area contributed by atoms with Crippen molar-refractivity contribution in [2.75, 3.05) is 18.8 Å². The van der Waals surface area contributed by atoms with Crippen LogP contribution in [0.1, 0.15) is 18.7 Å². The molecular formula is C13H17N5OS. The number of carbonyl (C=O) groups excluding carboxylic acids is 1. The third-order valence-electron chi connectivity index (χ3n) is 3.76. The number of hydrogen-bond donors (Lipinski definition) is 2. The highest BCUT2D eigenvalue weighted by molar-refractivity contribution is 7.16. The van der Waals surface area contributed by atoms with Crippen molar-refractivity contribution < 1.29 is 4.79 Å². The molecule has 1 aliphatic heterocycles. The number of nitrogens with two attached hydrogens (primary N) is 2. The standard InChI is InChI=1S/C13H17N5OS/c14-11-9-3-6-20-13(9)17-10(16-11)7-18-4-1-8(2-5-18)12(15)19/h3,6,8H,1-2,4-5,7H2,(H2,15,19)(H2,14,16,17). The van der Waals surface area contributed by atoms with Gasteiger partial charge in [0.2, 0.25) is 5.91 Å². The molecule has 20 heavy (non-hydrogen) atoms. The van der Waals surface area contributed by atoms with Crippen molar-refractivity contribution in [1.82, 2.24) is 14.9 Å². The second-order valence-corrected chi connectivity index (χ2v) is 6.01. The molecule has 3 rings (SSSR count). The van der Waals surface area contributed by atoms with Gasteiger partial charge in [-0.2, -0.15) is 0 Å². The average molecular weight is 291 g/mol. The summed E-state index contributed by atoms with van der Waals surface area (Å²) in [6, 6.07) is 1.94. The van der Waals surface area contributed by atoms with Gasteiger partial charge in [-0.3, -0.25) is 9.69 Å². The number of primary amides is 1. The van der Waals surface area contributed by atoms with E-state index in [-0.39, 0.29) is 11.8 Å². The van der Waals surface area contributed by atoms with Gasteiger partial charge in [0, 0.05) is 5.92 Å². The number of nitrogen functional groups attached to an aromatic ring is 1. The quantitative estimate of drug-likeness (QED) is 0.878. The third-order valence-corrected chi connectivity index (χ3v) is 4.56. The second kappa shape index (κ2) is 5.34. The smallest absolute Gasteiger partial charge is 0.220 e. The van der Waals surface area contributed by atoms with Crippen LogP contribution in [0, 0.1) is 5.92 Å². The molecule has 1 fully saturated rings. The van der Waals surface area contributed by atoms with Crippen molar-refractivity contribution in [1.29, 1.82) is 0 Å². The maximum atomic E-state index is 11.1. The lowest BCUT2D eigenvalue weighted by molar-refractivity contribution is -0.123. The first kappa shape index (κ1) is 13.3. The number of aromatic nitrogens is 2. The van der Waals surface area contributed by atoms with Gasteiger partial charge in [-0.05, 0) is 37.4 Å². The molecule has 106 valence electrons. The number of piperidine rings is 1. The Morgan fingerprint density at radius 3 is 2.85 bits per heavy atom. The minimum absolute atomic E-state index is 0.0111. The maximum Gasteiger partial charge on any atom is 0.220 e. The lowest BCUT2D eigenvalue weighted by Gasteiger charge is -2.29. The summed E-state index contributed by atoms with van der Waals surface area (Å²) in [5.74, 6) is 1.11. The van der Waals surface area contributed by atoms with Crippen LogP contribution in [0.2, 0.25) is 0 Å². The van der Waals surface area contributed by atoms with E-state index < -0.39 is 0 Å². The van der Waals surface area contributed by atoms with Crippen LogP contribution in [0.3, 0.4) is 0 Å². The number of likely N-dealkylation sites (tertiary alicyclic amines) is 1. The van der Waals surface area contributed by atoms with Gasteiger partial charge in [-0.1, -0.05) is 0 Å². The van der Waals surface area contributed by atoms with Gasteiger partial charge in [0.15, 0.2) is 0 Å². The Labute approximate surface area is 120 Å². The van der Waals surface area contributed by atoms with E-state index >= 15 is 0 Å². The van der Waals surface area contributed by atoms with Crippen molar-refractivity contribution >= 4 is 33.3 Å². The normalized spacial score (nSPS) is 17.6. The number of fused-ring (bicyclic) bond motifs is 1. The predicted octanol–water partition coefficient (Wildman–Crippen LogP) is 0.971. The molecule has 7 heteroatoms. The number of hydrogen-bond acceptors (Lipinski definition) is 6. The molecule has 1 saturated heterocycles. The molecule has 4 N–H and O–H groups in total. The monoisotopic (exact) mass is 291 g/mol. The van der Waals surface area contributed by atoms with Crippen molar-refractivity contribution in [3.8, 4) is 0 Å². The molecule has 2 aromatic rings. The number of rotatable bonds is 3. The molecule has 0 bridgehead atoms. The molecule has 0 atom stereocenters. The van der Waals surface area contributed by atoms with E-state index in [1.165, 1.54) is 0 Å². The van der Waals surface area contributed by atoms with Crippen molar-refractivity contribution in [3.63, 3.8) is 0 Å². The molecule has 0 aliphatic carbocycles. The Hall–Kier alpha value is -1.73. The summed E-state index contributed by atoms with van der Waals surface area (Å²) in [6.45, 7) is 2.36. The van der Waals surface area contributed by atoms with E-state index in [9.17, 15) is 4.79 Å². The van der Waals surface area contributed by atoms with Crippen LogP contribution in [0.4, 0.5) is 5.82 Å². The van der Waals surface area contributed by atoms with Crippen LogP contribution in [-0.4, -0.2) is 33.9 Å². The first-order valence-corrected chi connectivity index (χ1v) is 7.52. The Morgan fingerprint density at radius 2 is 2.15 bits per heavy atom. The largest absolute Gasteiger partial charge is 0.383 e. The topological polar surface area (TPSA) is 98.1 Å². The zero-order valence-corrected chi connectivity index (χ0v) is 11.9. The summed E-state index contributed by atoms with van der Waals surface area (Å²) >= 11 is 1.57. The molecule has 1 aliphatic rings. The Balaban J connectivity index is 1.69. The van der Waals surface area contributed by atoms with E-state index in [2.05, 4.69) is 14.9 Å². The molecular weight excluding hydrogens is 274 g/mol. The van der Waals surface area contributed by atoms with Crippen LogP contribution < -0.4 is 11.5 Å². The average Bonchev–Trinajstić information content (AvgIpc) is 2.88. The summed E-state index contributed by atoms with van der Waals surface area (Å²) in [6.07, 6.45) is 1.62. The summed E-state index contributed by atoms with van der Waals surface area (Å²) in [7, 11) is 0. The number of anilines is 1. The molecule has 6 nitrogen and oxygen atoms in total. The second-order valence-electron chi connectivity index (χ2n) is 5.12. The van der Waals surface area contributed by atoms with E-state index in [1.54, 1.807) is 11.3 Å². The molecule has 0 aromatic carbocycles. The van der Waals surface area contributed by atoms with Gasteiger partial charge < -0.3 is 11.5 Å². The molecule has 0 radical (unpaired) electrons. The van der Waals surface area contributed by atoms with Crippen LogP contribution in [0.15, 0.2) is 11.4 Å². The number of amides is 1. The fraction of sp³-hybridized carbons (Fsp3) is 0.462. The third kappa shape index (κ3) is 2.59. The van der Waals surface area contributed by atoms with E-state index in [1.807, 2.05) is 11.4 Å². The first-order chi connectivity index (χ1) is 9.63. The molecule has 0 unspecified atom stereocenters. The summed E-state index contributed by atoms with van der Waals surface area (Å²) < 4.78 is 0. The van der Waals surface area contributed by atoms with Crippen molar-refractivity contribution in [3.05, 3.63) is 17.3 Å². The predicted molar refractivity (Wildman–Crippen MR) is 79.0 cm³/mol. The highest BCUT2D eigenvalue weighted by atomic mass is 32.1. The minimum Gasteiger partial charge on any atom is -0.383 e. The highest BCUT2D eigenvalue weighted by Gasteiger charge is 2.23. The SMILES string of the molecule is NC(=O)C1CCN(Cc2nc(N)c3ccsc3n2)CC1. The Bertz CT molecular complexity index is 633. The van der Waals surface area contributed by atoms with Gasteiger partial charge in [-0.25, -0.2) is 9.97 Å². The summed E-state index contributed by atoms with van der Waals surface area (Å²) in [5, 5.41) is 2.89. The van der Waals surface area contributed by atoms with E-state index in [4.69, 9.17) is 11.5 Å². The van der Waals surface area contributed by atoms with Gasteiger partial charge in [0.1, 0.15) is 16.5 Å². The Morgan fingerprint density at radius 1 is 1.40 bits per heavy atom. The minimum atomic E-state index is -0.190. The maximum absolute atomic E-state index is 11.1. The summed E-state index contributed by atoms with van der Waals surface area (Å²) in [5.41, 5.74) is 11.3. The van der Waals surface area contributed by atoms with Gasteiger partial charge in [0.05, 0.1) is 11.9 Å². The van der Waals surface area contributed by atoms with Crippen LogP contribution in [-0.2, 0) is 11.3 Å². The summed E-state index contributed by atoms with van der Waals surface area (Å²) in [4.78, 5) is 23.2.